The predicted molar refractivity (Wildman–Crippen MR) is 109 cm³/mol. The molecule has 2 amide bonds. The first-order chi connectivity index (χ1) is 12.8. The summed E-state index contributed by atoms with van der Waals surface area (Å²) in [5.74, 6) is 0. The Hall–Kier alpha value is -2.37. The van der Waals surface area contributed by atoms with Gasteiger partial charge in [0.15, 0.2) is 0 Å². The number of fused-ring (bicyclic) bond motifs is 1. The average molecular weight is 366 g/mol. The van der Waals surface area contributed by atoms with E-state index < -0.39 is 0 Å². The van der Waals surface area contributed by atoms with Crippen LogP contribution in [0.5, 0.6) is 0 Å². The largest absolute Gasteiger partial charge is 0.336 e. The number of anilines is 1. The highest BCUT2D eigenvalue weighted by molar-refractivity contribution is 7.10. The van der Waals surface area contributed by atoms with Crippen molar-refractivity contribution in [1.29, 1.82) is 0 Å². The van der Waals surface area contributed by atoms with Crippen molar-refractivity contribution in [3.05, 3.63) is 64.9 Å². The normalized spacial score (nSPS) is 15.8. The van der Waals surface area contributed by atoms with Crippen molar-refractivity contribution >= 4 is 33.8 Å². The minimum Gasteiger partial charge on any atom is -0.336 e. The van der Waals surface area contributed by atoms with Gasteiger partial charge in [-0.3, -0.25) is 4.90 Å². The molecule has 2 N–H and O–H groups in total. The maximum Gasteiger partial charge on any atom is 0.319 e. The molecule has 1 unspecified atom stereocenters. The number of thiophene rings is 1. The zero-order valence-electron chi connectivity index (χ0n) is 14.7. The van der Waals surface area contributed by atoms with Gasteiger partial charge in [-0.2, -0.15) is 0 Å². The molecule has 0 saturated carbocycles. The van der Waals surface area contributed by atoms with Crippen LogP contribution in [0.25, 0.3) is 10.8 Å². The molecule has 0 bridgehead atoms. The van der Waals surface area contributed by atoms with Crippen LogP contribution in [0.4, 0.5) is 10.5 Å². The number of carbonyl (C=O) groups excluding carboxylic acids is 1. The molecule has 4 nitrogen and oxygen atoms in total. The van der Waals surface area contributed by atoms with E-state index in [1.807, 2.05) is 30.3 Å². The number of nitrogens with one attached hydrogen (secondary N) is 2. The Morgan fingerprint density at radius 2 is 1.85 bits per heavy atom. The fraction of sp³-hybridized carbons (Fsp3) is 0.286. The van der Waals surface area contributed by atoms with Crippen molar-refractivity contribution < 1.29 is 4.79 Å². The fourth-order valence-corrected chi connectivity index (χ4v) is 4.49. The van der Waals surface area contributed by atoms with E-state index in [1.165, 1.54) is 17.7 Å². The van der Waals surface area contributed by atoms with Crippen molar-refractivity contribution in [3.63, 3.8) is 0 Å². The lowest BCUT2D eigenvalue weighted by molar-refractivity contribution is 0.229. The molecular weight excluding hydrogens is 342 g/mol. The molecule has 5 heteroatoms. The summed E-state index contributed by atoms with van der Waals surface area (Å²) >= 11 is 1.76. The maximum atomic E-state index is 12.5. The average Bonchev–Trinajstić information content (AvgIpc) is 3.37. The summed E-state index contributed by atoms with van der Waals surface area (Å²) in [6, 6.07) is 18.4. The molecule has 0 spiro atoms. The number of benzene rings is 2. The molecular formula is C21H23N3OS. The van der Waals surface area contributed by atoms with Gasteiger partial charge in [0.1, 0.15) is 0 Å². The van der Waals surface area contributed by atoms with Crippen molar-refractivity contribution in [2.24, 2.45) is 0 Å². The van der Waals surface area contributed by atoms with Gasteiger partial charge in [0.05, 0.1) is 11.7 Å². The zero-order chi connectivity index (χ0) is 17.8. The number of amides is 2. The molecule has 1 atom stereocenters. The van der Waals surface area contributed by atoms with Gasteiger partial charge in [0, 0.05) is 16.8 Å². The number of nitrogens with zero attached hydrogens (tertiary/aromatic N) is 1. The van der Waals surface area contributed by atoms with Gasteiger partial charge in [0.2, 0.25) is 0 Å². The summed E-state index contributed by atoms with van der Waals surface area (Å²) in [7, 11) is 0. The molecule has 1 saturated heterocycles. The Morgan fingerprint density at radius 1 is 1.04 bits per heavy atom. The second kappa shape index (κ2) is 7.89. The van der Waals surface area contributed by atoms with Crippen molar-refractivity contribution in [3.8, 4) is 0 Å². The summed E-state index contributed by atoms with van der Waals surface area (Å²) in [5.41, 5.74) is 0.842. The molecule has 134 valence electrons. The number of hydrogen-bond acceptors (Lipinski definition) is 3. The van der Waals surface area contributed by atoms with Crippen LogP contribution in [0.3, 0.4) is 0 Å². The van der Waals surface area contributed by atoms with Gasteiger partial charge in [-0.1, -0.05) is 42.5 Å². The molecule has 1 fully saturated rings. The van der Waals surface area contributed by atoms with E-state index in [2.05, 4.69) is 45.2 Å². The Labute approximate surface area is 157 Å². The van der Waals surface area contributed by atoms with E-state index in [0.29, 0.717) is 6.54 Å². The summed E-state index contributed by atoms with van der Waals surface area (Å²) in [6.07, 6.45) is 2.48. The summed E-state index contributed by atoms with van der Waals surface area (Å²) in [5, 5.41) is 10.4. The lowest BCUT2D eigenvalue weighted by Gasteiger charge is -2.27. The van der Waals surface area contributed by atoms with E-state index >= 15 is 0 Å². The summed E-state index contributed by atoms with van der Waals surface area (Å²) < 4.78 is 0. The molecule has 1 aromatic heterocycles. The first-order valence-corrected chi connectivity index (χ1v) is 9.99. The van der Waals surface area contributed by atoms with E-state index in [9.17, 15) is 4.79 Å². The number of carbonyl (C=O) groups is 1. The van der Waals surface area contributed by atoms with Crippen LogP contribution in [-0.4, -0.2) is 30.6 Å². The van der Waals surface area contributed by atoms with E-state index in [1.54, 1.807) is 11.3 Å². The predicted octanol–water partition coefficient (Wildman–Crippen LogP) is 4.86. The standard InChI is InChI=1S/C21H23N3OS/c25-21(23-18-10-5-8-16-7-1-2-9-17(16)18)22-15-19(20-11-6-14-26-20)24-12-3-4-13-24/h1-2,5-11,14,19H,3-4,12-13,15H2,(H2,22,23,25). The zero-order valence-corrected chi connectivity index (χ0v) is 15.5. The molecule has 26 heavy (non-hydrogen) atoms. The topological polar surface area (TPSA) is 44.4 Å². The SMILES string of the molecule is O=C(NCC(c1cccs1)N1CCCC1)Nc1cccc2ccccc12. The van der Waals surface area contributed by atoms with Gasteiger partial charge in [-0.25, -0.2) is 4.79 Å². The first kappa shape index (κ1) is 17.1. The van der Waals surface area contributed by atoms with Crippen LogP contribution in [0.1, 0.15) is 23.8 Å². The Balaban J connectivity index is 1.43. The molecule has 2 aromatic carbocycles. The van der Waals surface area contributed by atoms with Gasteiger partial charge in [0.25, 0.3) is 0 Å². The summed E-state index contributed by atoms with van der Waals surface area (Å²) in [6.45, 7) is 2.83. The highest BCUT2D eigenvalue weighted by atomic mass is 32.1. The van der Waals surface area contributed by atoms with Crippen molar-refractivity contribution in [1.82, 2.24) is 10.2 Å². The molecule has 3 aromatic rings. The Bertz CT molecular complexity index is 867. The molecule has 1 aliphatic rings. The lowest BCUT2D eigenvalue weighted by Crippen LogP contribution is -2.38. The van der Waals surface area contributed by atoms with E-state index in [4.69, 9.17) is 0 Å². The van der Waals surface area contributed by atoms with Crippen molar-refractivity contribution in [2.45, 2.75) is 18.9 Å². The maximum absolute atomic E-state index is 12.5. The van der Waals surface area contributed by atoms with Gasteiger partial charge in [-0.05, 0) is 48.8 Å². The van der Waals surface area contributed by atoms with Crippen molar-refractivity contribution in [2.75, 3.05) is 25.0 Å². The Kier molecular flexibility index (Phi) is 5.18. The van der Waals surface area contributed by atoms with Gasteiger partial charge in [-0.15, -0.1) is 11.3 Å². The number of likely N-dealkylation sites (tertiary alicyclic amines) is 1. The summed E-state index contributed by atoms with van der Waals surface area (Å²) in [4.78, 5) is 16.3. The molecule has 2 heterocycles. The quantitative estimate of drug-likeness (QED) is 0.678. The number of rotatable bonds is 5. The van der Waals surface area contributed by atoms with Crippen LogP contribution >= 0.6 is 11.3 Å². The smallest absolute Gasteiger partial charge is 0.319 e. The van der Waals surface area contributed by atoms with Crippen LogP contribution in [0.15, 0.2) is 60.0 Å². The molecule has 4 rings (SSSR count). The van der Waals surface area contributed by atoms with Gasteiger partial charge >= 0.3 is 6.03 Å². The second-order valence-corrected chi connectivity index (χ2v) is 7.62. The third-order valence-corrected chi connectivity index (χ3v) is 5.92. The fourth-order valence-electron chi connectivity index (χ4n) is 3.63. The highest BCUT2D eigenvalue weighted by Crippen LogP contribution is 2.28. The first-order valence-electron chi connectivity index (χ1n) is 9.11. The highest BCUT2D eigenvalue weighted by Gasteiger charge is 2.24. The van der Waals surface area contributed by atoms with E-state index in [0.717, 1.165) is 29.5 Å². The molecule has 1 aliphatic heterocycles. The van der Waals surface area contributed by atoms with Crippen LogP contribution in [0, 0.1) is 0 Å². The molecule has 0 aliphatic carbocycles. The van der Waals surface area contributed by atoms with Crippen LogP contribution in [-0.2, 0) is 0 Å². The minimum atomic E-state index is -0.151. The number of hydrogen-bond donors (Lipinski definition) is 2. The lowest BCUT2D eigenvalue weighted by atomic mass is 10.1. The minimum absolute atomic E-state index is 0.151. The monoisotopic (exact) mass is 365 g/mol. The Morgan fingerprint density at radius 3 is 2.65 bits per heavy atom. The second-order valence-electron chi connectivity index (χ2n) is 6.64. The van der Waals surface area contributed by atoms with Crippen LogP contribution in [0.2, 0.25) is 0 Å². The number of urea groups is 1. The molecule has 0 radical (unpaired) electrons. The third kappa shape index (κ3) is 3.74. The van der Waals surface area contributed by atoms with Crippen LogP contribution < -0.4 is 10.6 Å². The van der Waals surface area contributed by atoms with Gasteiger partial charge < -0.3 is 10.6 Å². The van der Waals surface area contributed by atoms with E-state index in [-0.39, 0.29) is 12.1 Å². The third-order valence-electron chi connectivity index (χ3n) is 4.95.